The molecule has 1 unspecified atom stereocenters. The topological polar surface area (TPSA) is 69.6 Å². The minimum atomic E-state index is -0.370. The largest absolute Gasteiger partial charge is 0.318 e. The van der Waals surface area contributed by atoms with Crippen molar-refractivity contribution in [2.75, 3.05) is 0 Å². The molecular formula is C9H9Br2N5. The number of aryl methyl sites for hydroxylation is 1. The van der Waals surface area contributed by atoms with Crippen LogP contribution in [0.3, 0.4) is 0 Å². The first-order valence-corrected chi connectivity index (χ1v) is 6.11. The average molecular weight is 347 g/mol. The van der Waals surface area contributed by atoms with Gasteiger partial charge in [-0.1, -0.05) is 5.21 Å². The second kappa shape index (κ2) is 4.60. The van der Waals surface area contributed by atoms with Crippen molar-refractivity contribution in [2.24, 2.45) is 12.8 Å². The monoisotopic (exact) mass is 345 g/mol. The van der Waals surface area contributed by atoms with E-state index >= 15 is 0 Å². The summed E-state index contributed by atoms with van der Waals surface area (Å²) in [5, 5.41) is 7.79. The third-order valence-corrected chi connectivity index (χ3v) is 3.44. The molecule has 0 aliphatic rings. The lowest BCUT2D eigenvalue weighted by Gasteiger charge is -2.12. The van der Waals surface area contributed by atoms with Gasteiger partial charge in [-0.3, -0.25) is 4.98 Å². The fraction of sp³-hybridized carbons (Fsp3) is 0.222. The van der Waals surface area contributed by atoms with E-state index in [0.717, 1.165) is 15.9 Å². The van der Waals surface area contributed by atoms with E-state index in [9.17, 15) is 0 Å². The van der Waals surface area contributed by atoms with Gasteiger partial charge in [-0.25, -0.2) is 4.68 Å². The molecule has 2 heterocycles. The molecule has 16 heavy (non-hydrogen) atoms. The van der Waals surface area contributed by atoms with Crippen LogP contribution in [0, 0.1) is 0 Å². The molecule has 7 heteroatoms. The molecule has 5 nitrogen and oxygen atoms in total. The van der Waals surface area contributed by atoms with Crippen LogP contribution in [0.2, 0.25) is 0 Å². The van der Waals surface area contributed by atoms with E-state index in [4.69, 9.17) is 5.73 Å². The van der Waals surface area contributed by atoms with Crippen molar-refractivity contribution in [1.82, 2.24) is 20.0 Å². The minimum Gasteiger partial charge on any atom is -0.318 e. The summed E-state index contributed by atoms with van der Waals surface area (Å²) in [4.78, 5) is 4.25. The Balaban J connectivity index is 2.47. The van der Waals surface area contributed by atoms with Crippen LogP contribution in [0.4, 0.5) is 0 Å². The highest BCUT2D eigenvalue weighted by Gasteiger charge is 2.20. The molecule has 2 aromatic rings. The third-order valence-electron chi connectivity index (χ3n) is 2.20. The van der Waals surface area contributed by atoms with Crippen LogP contribution in [0.1, 0.15) is 17.4 Å². The van der Waals surface area contributed by atoms with Gasteiger partial charge in [-0.2, -0.15) is 0 Å². The lowest BCUT2D eigenvalue weighted by atomic mass is 10.1. The number of halogens is 2. The lowest BCUT2D eigenvalue weighted by Crippen LogP contribution is -2.18. The van der Waals surface area contributed by atoms with Crippen molar-refractivity contribution in [3.05, 3.63) is 38.8 Å². The zero-order valence-electron chi connectivity index (χ0n) is 8.43. The Kier molecular flexibility index (Phi) is 3.36. The summed E-state index contributed by atoms with van der Waals surface area (Å²) in [7, 11) is 1.80. The molecule has 2 aromatic heterocycles. The van der Waals surface area contributed by atoms with E-state index in [1.807, 2.05) is 12.1 Å². The van der Waals surface area contributed by atoms with Gasteiger partial charge < -0.3 is 5.73 Å². The van der Waals surface area contributed by atoms with Crippen molar-refractivity contribution in [3.8, 4) is 0 Å². The van der Waals surface area contributed by atoms with Crippen molar-refractivity contribution in [3.63, 3.8) is 0 Å². The van der Waals surface area contributed by atoms with Gasteiger partial charge in [-0.05, 0) is 44.0 Å². The molecule has 0 fully saturated rings. The van der Waals surface area contributed by atoms with Gasteiger partial charge in [0, 0.05) is 17.7 Å². The van der Waals surface area contributed by atoms with Crippen molar-refractivity contribution < 1.29 is 0 Å². The Labute approximate surface area is 109 Å². The molecule has 1 atom stereocenters. The van der Waals surface area contributed by atoms with Gasteiger partial charge in [0.05, 0.1) is 17.4 Å². The predicted octanol–water partition coefficient (Wildman–Crippen LogP) is 1.78. The van der Waals surface area contributed by atoms with Gasteiger partial charge in [0.2, 0.25) is 0 Å². The molecule has 84 valence electrons. The highest BCUT2D eigenvalue weighted by Crippen LogP contribution is 2.27. The summed E-state index contributed by atoms with van der Waals surface area (Å²) in [6.07, 6.45) is 1.71. The summed E-state index contributed by atoms with van der Waals surface area (Å²) in [6, 6.07) is 3.38. The quantitative estimate of drug-likeness (QED) is 0.899. The van der Waals surface area contributed by atoms with Crippen LogP contribution >= 0.6 is 31.9 Å². The second-order valence-electron chi connectivity index (χ2n) is 3.24. The summed E-state index contributed by atoms with van der Waals surface area (Å²) in [5.74, 6) is 0. The second-order valence-corrected chi connectivity index (χ2v) is 4.84. The number of hydrogen-bond acceptors (Lipinski definition) is 4. The molecular weight excluding hydrogens is 338 g/mol. The van der Waals surface area contributed by atoms with E-state index in [-0.39, 0.29) is 6.04 Å². The van der Waals surface area contributed by atoms with Gasteiger partial charge in [0.1, 0.15) is 0 Å². The maximum atomic E-state index is 6.14. The molecule has 0 saturated heterocycles. The first-order chi connectivity index (χ1) is 7.61. The Hall–Kier alpha value is -0.790. The summed E-state index contributed by atoms with van der Waals surface area (Å²) in [6.45, 7) is 0. The van der Waals surface area contributed by atoms with Crippen LogP contribution in [0.25, 0.3) is 0 Å². The van der Waals surface area contributed by atoms with Crippen LogP contribution in [-0.2, 0) is 7.05 Å². The number of hydrogen-bond donors (Lipinski definition) is 1. The number of rotatable bonds is 2. The molecule has 0 bridgehead atoms. The molecule has 2 N–H and O–H groups in total. The summed E-state index contributed by atoms with van der Waals surface area (Å²) in [5.41, 5.74) is 7.69. The number of pyridine rings is 1. The summed E-state index contributed by atoms with van der Waals surface area (Å²) >= 11 is 6.75. The molecule has 0 amide bonds. The Morgan fingerprint density at radius 3 is 2.75 bits per heavy atom. The van der Waals surface area contributed by atoms with Gasteiger partial charge in [0.15, 0.2) is 4.60 Å². The Bertz CT molecular complexity index is 491. The van der Waals surface area contributed by atoms with Crippen molar-refractivity contribution >= 4 is 31.9 Å². The highest BCUT2D eigenvalue weighted by atomic mass is 79.9. The van der Waals surface area contributed by atoms with Gasteiger partial charge >= 0.3 is 0 Å². The maximum Gasteiger partial charge on any atom is 0.153 e. The lowest BCUT2D eigenvalue weighted by molar-refractivity contribution is 0.643. The van der Waals surface area contributed by atoms with E-state index in [1.165, 1.54) is 0 Å². The first kappa shape index (κ1) is 11.7. The standard InChI is InChI=1S/C9H9Br2N5/c1-16-8(9(11)14-15-16)6(12)7-5(10)3-2-4-13-7/h2-4,6H,12H2,1H3. The highest BCUT2D eigenvalue weighted by molar-refractivity contribution is 9.10. The zero-order valence-corrected chi connectivity index (χ0v) is 11.6. The molecule has 0 saturated carbocycles. The van der Waals surface area contributed by atoms with Crippen LogP contribution in [0.5, 0.6) is 0 Å². The SMILES string of the molecule is Cn1nnc(Br)c1C(N)c1ncccc1Br. The molecule has 0 radical (unpaired) electrons. The van der Waals surface area contributed by atoms with Crippen LogP contribution < -0.4 is 5.73 Å². The number of aromatic nitrogens is 4. The van der Waals surface area contributed by atoms with Gasteiger partial charge in [0.25, 0.3) is 0 Å². The van der Waals surface area contributed by atoms with Gasteiger partial charge in [-0.15, -0.1) is 5.10 Å². The summed E-state index contributed by atoms with van der Waals surface area (Å²) < 4.78 is 3.14. The number of nitrogens with zero attached hydrogens (tertiary/aromatic N) is 4. The van der Waals surface area contributed by atoms with Crippen molar-refractivity contribution in [2.45, 2.75) is 6.04 Å². The average Bonchev–Trinajstić information content (AvgIpc) is 2.58. The molecule has 0 aromatic carbocycles. The van der Waals surface area contributed by atoms with Crippen LogP contribution in [0.15, 0.2) is 27.4 Å². The zero-order chi connectivity index (χ0) is 11.7. The van der Waals surface area contributed by atoms with Crippen LogP contribution in [-0.4, -0.2) is 20.0 Å². The number of nitrogens with two attached hydrogens (primary N) is 1. The molecule has 2 rings (SSSR count). The molecule has 0 aliphatic carbocycles. The van der Waals surface area contributed by atoms with E-state index < -0.39 is 0 Å². The molecule has 0 spiro atoms. The van der Waals surface area contributed by atoms with Crippen molar-refractivity contribution in [1.29, 1.82) is 0 Å². The fourth-order valence-electron chi connectivity index (χ4n) is 1.43. The Morgan fingerprint density at radius 1 is 1.44 bits per heavy atom. The Morgan fingerprint density at radius 2 is 2.19 bits per heavy atom. The fourth-order valence-corrected chi connectivity index (χ4v) is 2.50. The maximum absolute atomic E-state index is 6.14. The third kappa shape index (κ3) is 2.02. The normalized spacial score (nSPS) is 12.8. The van der Waals surface area contributed by atoms with E-state index in [1.54, 1.807) is 17.9 Å². The van der Waals surface area contributed by atoms with E-state index in [2.05, 4.69) is 47.2 Å². The smallest absolute Gasteiger partial charge is 0.153 e. The predicted molar refractivity (Wildman–Crippen MR) is 66.7 cm³/mol. The minimum absolute atomic E-state index is 0.370. The van der Waals surface area contributed by atoms with E-state index in [0.29, 0.717) is 4.60 Å². The first-order valence-electron chi connectivity index (χ1n) is 4.52. The molecule has 0 aliphatic heterocycles.